The zero-order valence-electron chi connectivity index (χ0n) is 16.0. The predicted molar refractivity (Wildman–Crippen MR) is 103 cm³/mol. The van der Waals surface area contributed by atoms with E-state index in [0.717, 1.165) is 17.9 Å². The number of alkyl halides is 3. The highest BCUT2D eigenvalue weighted by Crippen LogP contribution is 2.38. The highest BCUT2D eigenvalue weighted by molar-refractivity contribution is 5.88. The van der Waals surface area contributed by atoms with E-state index in [9.17, 15) is 18.0 Å². The molecule has 0 radical (unpaired) electrons. The second-order valence-electron chi connectivity index (χ2n) is 7.04. The number of carbonyl (C=O) groups is 1. The second-order valence-corrected chi connectivity index (χ2v) is 7.04. The number of benzene rings is 2. The molecule has 29 heavy (non-hydrogen) atoms. The normalized spacial score (nSPS) is 16.2. The third-order valence-electron chi connectivity index (χ3n) is 5.14. The van der Waals surface area contributed by atoms with Crippen molar-refractivity contribution in [3.63, 3.8) is 0 Å². The van der Waals surface area contributed by atoms with Gasteiger partial charge in [-0.05, 0) is 43.0 Å². The van der Waals surface area contributed by atoms with Crippen LogP contribution in [0, 0.1) is 0 Å². The highest BCUT2D eigenvalue weighted by atomic mass is 19.4. The van der Waals surface area contributed by atoms with Crippen molar-refractivity contribution in [2.45, 2.75) is 30.9 Å². The lowest BCUT2D eigenvalue weighted by Gasteiger charge is -2.36. The molecule has 1 heterocycles. The van der Waals surface area contributed by atoms with Crippen molar-refractivity contribution >= 4 is 5.91 Å². The largest absolute Gasteiger partial charge is 0.494 e. The summed E-state index contributed by atoms with van der Waals surface area (Å²) in [6.45, 7) is 1.48. The topological polar surface area (TPSA) is 47.6 Å². The zero-order chi connectivity index (χ0) is 20.7. The Balaban J connectivity index is 1.64. The summed E-state index contributed by atoms with van der Waals surface area (Å²) in [5.74, 6) is 0.489. The van der Waals surface area contributed by atoms with Gasteiger partial charge in [0.2, 0.25) is 5.91 Å². The molecule has 156 valence electrons. The summed E-state index contributed by atoms with van der Waals surface area (Å²) in [5.41, 5.74) is -1.38. The van der Waals surface area contributed by atoms with E-state index in [1.165, 1.54) is 6.07 Å². The zero-order valence-corrected chi connectivity index (χ0v) is 16.0. The summed E-state index contributed by atoms with van der Waals surface area (Å²) < 4.78 is 50.4. The lowest BCUT2D eigenvalue weighted by Crippen LogP contribution is -2.48. The van der Waals surface area contributed by atoms with Crippen LogP contribution in [0.4, 0.5) is 13.2 Å². The minimum atomic E-state index is -4.45. The predicted octanol–water partition coefficient (Wildman–Crippen LogP) is 4.34. The molecule has 0 bridgehead atoms. The molecule has 4 nitrogen and oxygen atoms in total. The molecule has 0 saturated carbocycles. The van der Waals surface area contributed by atoms with Gasteiger partial charge in [-0.2, -0.15) is 13.2 Å². The van der Waals surface area contributed by atoms with Gasteiger partial charge in [0.15, 0.2) is 0 Å². The van der Waals surface area contributed by atoms with Gasteiger partial charge in [-0.25, -0.2) is 0 Å². The van der Waals surface area contributed by atoms with Crippen molar-refractivity contribution in [2.75, 3.05) is 26.4 Å². The minimum Gasteiger partial charge on any atom is -0.494 e. The van der Waals surface area contributed by atoms with E-state index in [2.05, 4.69) is 5.32 Å². The molecule has 1 N–H and O–H groups in total. The van der Waals surface area contributed by atoms with Gasteiger partial charge < -0.3 is 14.8 Å². The number of hydrogen-bond donors (Lipinski definition) is 1. The molecule has 1 fully saturated rings. The molecule has 1 saturated heterocycles. The summed E-state index contributed by atoms with van der Waals surface area (Å²) in [6, 6.07) is 14.4. The molecule has 3 rings (SSSR count). The van der Waals surface area contributed by atoms with Crippen molar-refractivity contribution < 1.29 is 27.4 Å². The van der Waals surface area contributed by atoms with Gasteiger partial charge in [0.25, 0.3) is 0 Å². The van der Waals surface area contributed by atoms with Crippen LogP contribution >= 0.6 is 0 Å². The molecule has 2 aromatic carbocycles. The average molecular weight is 407 g/mol. The van der Waals surface area contributed by atoms with Crippen molar-refractivity contribution in [1.82, 2.24) is 5.32 Å². The van der Waals surface area contributed by atoms with Crippen LogP contribution in [-0.4, -0.2) is 32.3 Å². The summed E-state index contributed by atoms with van der Waals surface area (Å²) in [4.78, 5) is 13.0. The van der Waals surface area contributed by atoms with Gasteiger partial charge in [0.05, 0.1) is 17.6 Å². The third kappa shape index (κ3) is 5.29. The van der Waals surface area contributed by atoms with Gasteiger partial charge in [0, 0.05) is 19.8 Å². The van der Waals surface area contributed by atoms with E-state index < -0.39 is 17.2 Å². The van der Waals surface area contributed by atoms with Crippen molar-refractivity contribution in [1.29, 1.82) is 0 Å². The van der Waals surface area contributed by atoms with Crippen LogP contribution in [0.5, 0.6) is 5.75 Å². The highest BCUT2D eigenvalue weighted by Gasteiger charge is 2.42. The molecule has 0 atom stereocenters. The first-order valence-corrected chi connectivity index (χ1v) is 9.63. The molecule has 1 aliphatic heterocycles. The monoisotopic (exact) mass is 407 g/mol. The van der Waals surface area contributed by atoms with E-state index in [4.69, 9.17) is 9.47 Å². The molecular weight excluding hydrogens is 383 g/mol. The maximum Gasteiger partial charge on any atom is 0.416 e. The lowest BCUT2D eigenvalue weighted by molar-refractivity contribution is -0.138. The fraction of sp³-hybridized carbons (Fsp3) is 0.409. The third-order valence-corrected chi connectivity index (χ3v) is 5.14. The van der Waals surface area contributed by atoms with E-state index in [-0.39, 0.29) is 5.91 Å². The van der Waals surface area contributed by atoms with Crippen LogP contribution in [-0.2, 0) is 21.1 Å². The number of nitrogens with one attached hydrogen (secondary N) is 1. The van der Waals surface area contributed by atoms with Gasteiger partial charge in [-0.3, -0.25) is 4.79 Å². The fourth-order valence-electron chi connectivity index (χ4n) is 3.51. The maximum atomic E-state index is 13.1. The Bertz CT molecular complexity index is 802. The smallest absolute Gasteiger partial charge is 0.416 e. The van der Waals surface area contributed by atoms with Crippen LogP contribution in [0.1, 0.15) is 30.4 Å². The SMILES string of the molecule is O=C(NCCCOc1ccccc1)C1(c2cccc(C(F)(F)F)c2)CCOCC1. The van der Waals surface area contributed by atoms with Crippen molar-refractivity contribution in [3.8, 4) is 5.75 Å². The standard InChI is InChI=1S/C22H24F3NO3/c23-22(24,25)18-7-4-6-17(16-18)21(10-14-28-15-11-21)20(27)26-12-5-13-29-19-8-2-1-3-9-19/h1-4,6-9,16H,5,10-15H2,(H,26,27). The Morgan fingerprint density at radius 1 is 1.07 bits per heavy atom. The number of rotatable bonds is 7. The molecule has 0 aliphatic carbocycles. The quantitative estimate of drug-likeness (QED) is 0.695. The van der Waals surface area contributed by atoms with Crippen LogP contribution < -0.4 is 10.1 Å². The molecule has 0 unspecified atom stereocenters. The summed E-state index contributed by atoms with van der Waals surface area (Å²) in [5, 5.41) is 2.88. The molecule has 1 aliphatic rings. The Labute approximate surface area is 168 Å². The first-order chi connectivity index (χ1) is 13.9. The van der Waals surface area contributed by atoms with Gasteiger partial charge in [-0.1, -0.05) is 36.4 Å². The number of ether oxygens (including phenoxy) is 2. The molecule has 2 aromatic rings. The number of halogens is 3. The Hall–Kier alpha value is -2.54. The Morgan fingerprint density at radius 2 is 1.79 bits per heavy atom. The van der Waals surface area contributed by atoms with E-state index >= 15 is 0 Å². The molecule has 1 amide bonds. The van der Waals surface area contributed by atoms with Crippen molar-refractivity contribution in [3.05, 3.63) is 65.7 Å². The van der Waals surface area contributed by atoms with Gasteiger partial charge in [0.1, 0.15) is 5.75 Å². The fourth-order valence-corrected chi connectivity index (χ4v) is 3.51. The molecule has 0 aromatic heterocycles. The van der Waals surface area contributed by atoms with Crippen LogP contribution in [0.3, 0.4) is 0 Å². The van der Waals surface area contributed by atoms with Crippen LogP contribution in [0.2, 0.25) is 0 Å². The lowest BCUT2D eigenvalue weighted by atomic mass is 9.73. The first kappa shape index (κ1) is 21.2. The number of para-hydroxylation sites is 1. The molecular formula is C22H24F3NO3. The Morgan fingerprint density at radius 3 is 2.48 bits per heavy atom. The summed E-state index contributed by atoms with van der Waals surface area (Å²) >= 11 is 0. The number of amides is 1. The minimum absolute atomic E-state index is 0.264. The van der Waals surface area contributed by atoms with E-state index in [1.807, 2.05) is 30.3 Å². The van der Waals surface area contributed by atoms with Gasteiger partial charge >= 0.3 is 6.18 Å². The maximum absolute atomic E-state index is 13.1. The second kappa shape index (κ2) is 9.31. The Kier molecular flexibility index (Phi) is 6.79. The van der Waals surface area contributed by atoms with Crippen LogP contribution in [0.15, 0.2) is 54.6 Å². The number of hydrogen-bond acceptors (Lipinski definition) is 3. The number of carbonyl (C=O) groups excluding carboxylic acids is 1. The molecule has 7 heteroatoms. The summed E-state index contributed by atoms with van der Waals surface area (Å²) in [6.07, 6.45) is -3.16. The van der Waals surface area contributed by atoms with E-state index in [1.54, 1.807) is 6.07 Å². The summed E-state index contributed by atoms with van der Waals surface area (Å²) in [7, 11) is 0. The van der Waals surface area contributed by atoms with E-state index in [0.29, 0.717) is 51.2 Å². The van der Waals surface area contributed by atoms with Gasteiger partial charge in [-0.15, -0.1) is 0 Å². The first-order valence-electron chi connectivity index (χ1n) is 9.63. The average Bonchev–Trinajstić information content (AvgIpc) is 2.74. The van der Waals surface area contributed by atoms with Crippen LogP contribution in [0.25, 0.3) is 0 Å². The molecule has 0 spiro atoms. The van der Waals surface area contributed by atoms with Crippen molar-refractivity contribution in [2.24, 2.45) is 0 Å².